The summed E-state index contributed by atoms with van der Waals surface area (Å²) in [6.07, 6.45) is 3.11. The molecule has 37 heavy (non-hydrogen) atoms. The Morgan fingerprint density at radius 2 is 1.54 bits per heavy atom. The van der Waals surface area contributed by atoms with Crippen molar-refractivity contribution in [3.63, 3.8) is 0 Å². The minimum absolute atomic E-state index is 0.342. The first kappa shape index (κ1) is 25.4. The van der Waals surface area contributed by atoms with Gasteiger partial charge in [-0.05, 0) is 85.6 Å². The molecule has 3 aromatic carbocycles. The molecule has 0 spiro atoms. The number of nitrogens with zero attached hydrogens (tertiary/aromatic N) is 3. The van der Waals surface area contributed by atoms with Crippen LogP contribution in [0.1, 0.15) is 18.1 Å². The molecule has 1 heterocycles. The first-order valence-electron chi connectivity index (χ1n) is 11.8. The Bertz CT molecular complexity index is 1400. The monoisotopic (exact) mass is 496 g/mol. The number of carbonyl (C=O) groups is 1. The molecule has 0 aliphatic rings. The molecule has 0 radical (unpaired) electrons. The van der Waals surface area contributed by atoms with Gasteiger partial charge in [0.15, 0.2) is 11.6 Å². The van der Waals surface area contributed by atoms with E-state index < -0.39 is 0 Å². The van der Waals surface area contributed by atoms with E-state index in [9.17, 15) is 4.79 Å². The number of ether oxygens (including phenoxy) is 3. The Kier molecular flexibility index (Phi) is 8.10. The van der Waals surface area contributed by atoms with Crippen molar-refractivity contribution in [2.45, 2.75) is 13.8 Å². The number of anilines is 2. The number of carbonyl (C=O) groups excluding carboxylic acids is 1. The molecule has 8 nitrogen and oxygen atoms in total. The maximum Gasteiger partial charge on any atom is 0.330 e. The fourth-order valence-electron chi connectivity index (χ4n) is 3.60. The normalized spacial score (nSPS) is 10.8. The molecule has 0 atom stereocenters. The van der Waals surface area contributed by atoms with Crippen molar-refractivity contribution in [3.8, 4) is 34.3 Å². The van der Waals surface area contributed by atoms with E-state index in [2.05, 4.69) is 10.3 Å². The van der Waals surface area contributed by atoms with E-state index in [0.29, 0.717) is 24.2 Å². The van der Waals surface area contributed by atoms with Crippen LogP contribution in [0.5, 0.6) is 11.5 Å². The van der Waals surface area contributed by atoms with Gasteiger partial charge in [0, 0.05) is 22.9 Å². The molecule has 0 aliphatic carbocycles. The second-order valence-corrected chi connectivity index (χ2v) is 8.05. The Labute approximate surface area is 216 Å². The molecule has 0 aliphatic heterocycles. The van der Waals surface area contributed by atoms with Crippen molar-refractivity contribution in [1.29, 1.82) is 0 Å². The summed E-state index contributed by atoms with van der Waals surface area (Å²) in [5.74, 6) is 2.61. The predicted octanol–water partition coefficient (Wildman–Crippen LogP) is 5.85. The third-order valence-corrected chi connectivity index (χ3v) is 5.52. The number of hydrogen-bond acceptors (Lipinski definition) is 8. The van der Waals surface area contributed by atoms with Crippen molar-refractivity contribution in [3.05, 3.63) is 83.9 Å². The van der Waals surface area contributed by atoms with Gasteiger partial charge in [0.05, 0.1) is 20.8 Å². The highest BCUT2D eigenvalue weighted by Crippen LogP contribution is 2.28. The number of nitrogens with one attached hydrogen (secondary N) is 1. The lowest BCUT2D eigenvalue weighted by Gasteiger charge is -2.12. The average molecular weight is 497 g/mol. The summed E-state index contributed by atoms with van der Waals surface area (Å²) in [5.41, 5.74) is 4.34. The molecule has 0 saturated heterocycles. The largest absolute Gasteiger partial charge is 0.497 e. The zero-order valence-electron chi connectivity index (χ0n) is 21.2. The van der Waals surface area contributed by atoms with E-state index in [4.69, 9.17) is 24.2 Å². The number of benzene rings is 3. The zero-order valence-corrected chi connectivity index (χ0v) is 21.2. The number of rotatable bonds is 9. The molecule has 188 valence electrons. The van der Waals surface area contributed by atoms with E-state index in [1.54, 1.807) is 27.2 Å². The number of esters is 1. The molecular formula is C29H28N4O4. The molecule has 4 rings (SSSR count). The van der Waals surface area contributed by atoms with E-state index in [1.165, 1.54) is 6.08 Å². The summed E-state index contributed by atoms with van der Waals surface area (Å²) in [4.78, 5) is 25.7. The lowest BCUT2D eigenvalue weighted by molar-refractivity contribution is -0.137. The maximum absolute atomic E-state index is 11.6. The highest BCUT2D eigenvalue weighted by Gasteiger charge is 2.13. The summed E-state index contributed by atoms with van der Waals surface area (Å²) in [6.45, 7) is 4.10. The van der Waals surface area contributed by atoms with E-state index in [0.717, 1.165) is 39.4 Å². The average Bonchev–Trinajstić information content (AvgIpc) is 2.92. The second-order valence-electron chi connectivity index (χ2n) is 8.05. The van der Waals surface area contributed by atoms with Crippen LogP contribution >= 0.6 is 0 Å². The van der Waals surface area contributed by atoms with Gasteiger partial charge in [-0.25, -0.2) is 9.78 Å². The van der Waals surface area contributed by atoms with Crippen LogP contribution in [-0.4, -0.2) is 41.7 Å². The van der Waals surface area contributed by atoms with Gasteiger partial charge >= 0.3 is 5.97 Å². The van der Waals surface area contributed by atoms with Crippen LogP contribution in [0.15, 0.2) is 72.8 Å². The Morgan fingerprint density at radius 3 is 2.19 bits per heavy atom. The molecule has 4 aromatic rings. The first-order valence-corrected chi connectivity index (χ1v) is 11.8. The van der Waals surface area contributed by atoms with Gasteiger partial charge < -0.3 is 19.5 Å². The molecule has 1 aromatic heterocycles. The molecule has 0 saturated carbocycles. The lowest BCUT2D eigenvalue weighted by atomic mass is 10.1. The van der Waals surface area contributed by atoms with Crippen LogP contribution in [0, 0.1) is 6.92 Å². The van der Waals surface area contributed by atoms with Crippen molar-refractivity contribution in [2.24, 2.45) is 0 Å². The minimum atomic E-state index is -0.373. The van der Waals surface area contributed by atoms with Crippen molar-refractivity contribution < 1.29 is 19.0 Å². The van der Waals surface area contributed by atoms with Gasteiger partial charge in [-0.3, -0.25) is 0 Å². The molecule has 0 amide bonds. The van der Waals surface area contributed by atoms with Gasteiger partial charge in [-0.2, -0.15) is 9.97 Å². The van der Waals surface area contributed by atoms with Gasteiger partial charge in [0.25, 0.3) is 0 Å². The topological polar surface area (TPSA) is 95.5 Å². The molecular weight excluding hydrogens is 468 g/mol. The smallest absolute Gasteiger partial charge is 0.330 e. The van der Waals surface area contributed by atoms with Gasteiger partial charge in [-0.15, -0.1) is 0 Å². The maximum atomic E-state index is 11.6. The summed E-state index contributed by atoms with van der Waals surface area (Å²) >= 11 is 0. The lowest BCUT2D eigenvalue weighted by Crippen LogP contribution is -2.04. The molecule has 0 bridgehead atoms. The third-order valence-electron chi connectivity index (χ3n) is 5.52. The quantitative estimate of drug-likeness (QED) is 0.228. The fraction of sp³-hybridized carbons (Fsp3) is 0.172. The van der Waals surface area contributed by atoms with Crippen LogP contribution in [0.3, 0.4) is 0 Å². The number of aryl methyl sites for hydroxylation is 1. The predicted molar refractivity (Wildman–Crippen MR) is 144 cm³/mol. The SMILES string of the molecule is CCOC(=O)/C=C/c1ccc(Nc2nc(-c3ccc(OC)cc3)nc(-c3ccc(OC)cc3C)n2)cc1. The second kappa shape index (κ2) is 11.8. The van der Waals surface area contributed by atoms with E-state index >= 15 is 0 Å². The summed E-state index contributed by atoms with van der Waals surface area (Å²) in [6, 6.07) is 20.9. The fourth-order valence-corrected chi connectivity index (χ4v) is 3.60. The summed E-state index contributed by atoms with van der Waals surface area (Å²) < 4.78 is 15.6. The van der Waals surface area contributed by atoms with Crippen molar-refractivity contribution in [1.82, 2.24) is 15.0 Å². The number of hydrogen-bond donors (Lipinski definition) is 1. The standard InChI is InChI=1S/C29H28N4O4/c1-5-37-26(34)17-8-20-6-11-22(12-7-20)30-29-32-27(21-9-13-23(35-3)14-10-21)31-28(33-29)25-16-15-24(36-4)18-19(25)2/h6-18H,5H2,1-4H3,(H,30,31,32,33)/b17-8+. The van der Waals surface area contributed by atoms with E-state index in [-0.39, 0.29) is 5.97 Å². The Morgan fingerprint density at radius 1 is 0.865 bits per heavy atom. The van der Waals surface area contributed by atoms with Crippen LogP contribution in [-0.2, 0) is 9.53 Å². The van der Waals surface area contributed by atoms with Crippen LogP contribution in [0.2, 0.25) is 0 Å². The summed E-state index contributed by atoms with van der Waals surface area (Å²) in [7, 11) is 3.27. The van der Waals surface area contributed by atoms with E-state index in [1.807, 2.05) is 73.7 Å². The van der Waals surface area contributed by atoms with Gasteiger partial charge in [0.2, 0.25) is 5.95 Å². The molecule has 0 unspecified atom stereocenters. The molecule has 0 fully saturated rings. The van der Waals surface area contributed by atoms with Gasteiger partial charge in [-0.1, -0.05) is 12.1 Å². The zero-order chi connectivity index (χ0) is 26.2. The molecule has 8 heteroatoms. The number of methoxy groups -OCH3 is 2. The van der Waals surface area contributed by atoms with Crippen molar-refractivity contribution in [2.75, 3.05) is 26.1 Å². The highest BCUT2D eigenvalue weighted by molar-refractivity contribution is 5.87. The minimum Gasteiger partial charge on any atom is -0.497 e. The Balaban J connectivity index is 1.67. The summed E-state index contributed by atoms with van der Waals surface area (Å²) in [5, 5.41) is 3.27. The molecule has 1 N–H and O–H groups in total. The Hall–Kier alpha value is -4.72. The van der Waals surface area contributed by atoms with Crippen molar-refractivity contribution >= 4 is 23.7 Å². The van der Waals surface area contributed by atoms with Crippen LogP contribution < -0.4 is 14.8 Å². The van der Waals surface area contributed by atoms with Crippen LogP contribution in [0.25, 0.3) is 28.9 Å². The van der Waals surface area contributed by atoms with Gasteiger partial charge in [0.1, 0.15) is 11.5 Å². The van der Waals surface area contributed by atoms with Crippen LogP contribution in [0.4, 0.5) is 11.6 Å². The number of aromatic nitrogens is 3. The first-order chi connectivity index (χ1) is 18.0. The highest BCUT2D eigenvalue weighted by atomic mass is 16.5. The third kappa shape index (κ3) is 6.49.